The molecule has 0 saturated carbocycles. The smallest absolute Gasteiger partial charge is 0.298 e. The van der Waals surface area contributed by atoms with Crippen LogP contribution >= 0.6 is 35.7 Å². The summed E-state index contributed by atoms with van der Waals surface area (Å²) in [6, 6.07) is 0. The quantitative estimate of drug-likeness (QED) is 0.186. The van der Waals surface area contributed by atoms with Crippen LogP contribution in [0.1, 0.15) is 91.4 Å². The number of unbranched alkanes of at least 4 members (excludes halogenated alkanes) is 9. The van der Waals surface area contributed by atoms with E-state index in [0.717, 1.165) is 15.7 Å². The van der Waals surface area contributed by atoms with E-state index in [-0.39, 0.29) is 11.0 Å². The van der Waals surface area contributed by atoms with E-state index in [1.165, 1.54) is 64.2 Å². The molecule has 3 nitrogen and oxygen atoms in total. The number of thiocarbonyl (C=S) groups is 1. The van der Waals surface area contributed by atoms with E-state index in [1.807, 2.05) is 6.92 Å². The Balaban J connectivity index is 0. The van der Waals surface area contributed by atoms with Gasteiger partial charge in [0, 0.05) is 13.3 Å². The maximum absolute atomic E-state index is 8.12. The summed E-state index contributed by atoms with van der Waals surface area (Å²) in [5.74, 6) is 1.11. The van der Waals surface area contributed by atoms with Crippen molar-refractivity contribution in [2.45, 2.75) is 96.3 Å². The lowest BCUT2D eigenvalue weighted by molar-refractivity contribution is -0.191. The highest BCUT2D eigenvalue weighted by Crippen LogP contribution is 2.35. The van der Waals surface area contributed by atoms with Crippen molar-refractivity contribution in [2.75, 3.05) is 5.75 Å². The molecule has 0 aromatic carbocycles. The number of thioether (sulfide) groups is 2. The Hall–Kier alpha value is -0.340. The van der Waals surface area contributed by atoms with Crippen molar-refractivity contribution in [2.24, 2.45) is 0 Å². The molecule has 0 heterocycles. The fraction of sp³-hybridized carbons (Fsp3) is 0.842. The molecule has 1 unspecified atom stereocenters. The molecular formula is C19H33NO2S3. The Morgan fingerprint density at radius 2 is 1.44 bits per heavy atom. The maximum Gasteiger partial charge on any atom is 0.373 e. The van der Waals surface area contributed by atoms with E-state index in [1.54, 1.807) is 23.5 Å². The fourth-order valence-electron chi connectivity index (χ4n) is 2.13. The van der Waals surface area contributed by atoms with Gasteiger partial charge in [0.05, 0.1) is 0 Å². The summed E-state index contributed by atoms with van der Waals surface area (Å²) in [7, 11) is 0. The van der Waals surface area contributed by atoms with E-state index < -0.39 is 0 Å². The van der Waals surface area contributed by atoms with Crippen molar-refractivity contribution in [3.8, 4) is 0 Å². The van der Waals surface area contributed by atoms with Gasteiger partial charge in [-0.05, 0) is 23.9 Å². The lowest BCUT2D eigenvalue weighted by Crippen LogP contribution is -2.14. The van der Waals surface area contributed by atoms with Crippen molar-refractivity contribution in [1.29, 1.82) is 0 Å². The van der Waals surface area contributed by atoms with Crippen molar-refractivity contribution in [3.05, 3.63) is 11.4 Å². The molecule has 0 saturated heterocycles. The number of rotatable bonds is 13. The third kappa shape index (κ3) is 19.8. The Morgan fingerprint density at radius 1 is 1.00 bits per heavy atom. The molecule has 0 amide bonds. The molecule has 0 fully saturated rings. The predicted molar refractivity (Wildman–Crippen MR) is 115 cm³/mol. The number of carbonyl (C=O) groups excluding carboxylic acids is 2. The summed E-state index contributed by atoms with van der Waals surface area (Å²) in [6.45, 7) is 13.6. The first kappa shape index (κ1) is 26.9. The predicted octanol–water partition coefficient (Wildman–Crippen LogP) is 7.12. The van der Waals surface area contributed by atoms with Crippen LogP contribution in [0.15, 0.2) is 0 Å². The van der Waals surface area contributed by atoms with E-state index in [2.05, 4.69) is 18.7 Å². The van der Waals surface area contributed by atoms with Gasteiger partial charge in [-0.15, -0.1) is 11.8 Å². The standard InChI is InChI=1S/C18H33NS3.CO2/c1-5-7-8-9-10-11-12-13-14-15-16-21-17(20)22-18(3,6-2)19-4;2-1-3/h5-16H2,1-3H3;. The SMILES string of the molecule is O=C=O.[C-]#[N+]C(C)(CC)SC(=S)SCCCCCCCCCCCC. The third-order valence-electron chi connectivity index (χ3n) is 3.91. The number of hydrogen-bond donors (Lipinski definition) is 0. The summed E-state index contributed by atoms with van der Waals surface area (Å²) >= 11 is 8.72. The minimum Gasteiger partial charge on any atom is -0.298 e. The van der Waals surface area contributed by atoms with Crippen LogP contribution in [-0.2, 0) is 9.59 Å². The third-order valence-corrected chi connectivity index (χ3v) is 6.84. The zero-order chi connectivity index (χ0) is 19.4. The zero-order valence-corrected chi connectivity index (χ0v) is 18.4. The molecule has 0 N–H and O–H groups in total. The molecular weight excluding hydrogens is 370 g/mol. The van der Waals surface area contributed by atoms with E-state index in [0.29, 0.717) is 0 Å². The lowest BCUT2D eigenvalue weighted by Gasteiger charge is -2.13. The highest BCUT2D eigenvalue weighted by molar-refractivity contribution is 8.47. The molecule has 25 heavy (non-hydrogen) atoms. The first-order valence-electron chi connectivity index (χ1n) is 9.23. The highest BCUT2D eigenvalue weighted by Gasteiger charge is 2.30. The topological polar surface area (TPSA) is 38.5 Å². The first-order valence-corrected chi connectivity index (χ1v) is 11.4. The van der Waals surface area contributed by atoms with Crippen LogP contribution in [0.2, 0.25) is 0 Å². The molecule has 1 atom stereocenters. The molecule has 0 radical (unpaired) electrons. The minimum atomic E-state index is -0.359. The summed E-state index contributed by atoms with van der Waals surface area (Å²) in [6.07, 6.45) is 14.8. The van der Waals surface area contributed by atoms with Gasteiger partial charge in [-0.3, -0.25) is 4.85 Å². The van der Waals surface area contributed by atoms with Crippen LogP contribution in [0.5, 0.6) is 0 Å². The highest BCUT2D eigenvalue weighted by atomic mass is 32.2. The Bertz CT molecular complexity index is 404. The lowest BCUT2D eigenvalue weighted by atomic mass is 10.1. The zero-order valence-electron chi connectivity index (χ0n) is 16.0. The van der Waals surface area contributed by atoms with E-state index in [9.17, 15) is 0 Å². The molecule has 0 aromatic rings. The van der Waals surface area contributed by atoms with Gasteiger partial charge in [-0.25, -0.2) is 6.57 Å². The van der Waals surface area contributed by atoms with Gasteiger partial charge in [0.15, 0.2) is 0 Å². The summed E-state index contributed by atoms with van der Waals surface area (Å²) in [4.78, 5) is 19.6. The fourth-order valence-corrected chi connectivity index (χ4v) is 5.01. The average molecular weight is 404 g/mol. The van der Waals surface area contributed by atoms with Gasteiger partial charge in [0.2, 0.25) is 0 Å². The van der Waals surface area contributed by atoms with Gasteiger partial charge >= 0.3 is 6.15 Å². The largest absolute Gasteiger partial charge is 0.373 e. The van der Waals surface area contributed by atoms with E-state index in [4.69, 9.17) is 28.4 Å². The minimum absolute atomic E-state index is 0.250. The van der Waals surface area contributed by atoms with Gasteiger partial charge in [0.25, 0.3) is 4.87 Å². The van der Waals surface area contributed by atoms with Crippen LogP contribution in [0.4, 0.5) is 0 Å². The molecule has 0 aliphatic rings. The molecule has 144 valence electrons. The second-order valence-corrected chi connectivity index (χ2v) is 9.89. The second kappa shape index (κ2) is 20.0. The van der Waals surface area contributed by atoms with Gasteiger partial charge < -0.3 is 0 Å². The normalized spacial score (nSPS) is 12.2. The first-order chi connectivity index (χ1) is 12.0. The average Bonchev–Trinajstić information content (AvgIpc) is 2.60. The Labute approximate surface area is 168 Å². The number of hydrogen-bond acceptors (Lipinski definition) is 5. The Morgan fingerprint density at radius 3 is 1.84 bits per heavy atom. The van der Waals surface area contributed by atoms with Crippen LogP contribution in [0.25, 0.3) is 4.85 Å². The van der Waals surface area contributed by atoms with Crippen LogP contribution in [0.3, 0.4) is 0 Å². The van der Waals surface area contributed by atoms with Crippen LogP contribution < -0.4 is 0 Å². The van der Waals surface area contributed by atoms with Crippen LogP contribution in [-0.4, -0.2) is 20.3 Å². The van der Waals surface area contributed by atoms with Crippen molar-refractivity contribution in [1.82, 2.24) is 0 Å². The molecule has 6 heteroatoms. The van der Waals surface area contributed by atoms with Gasteiger partial charge in [0.1, 0.15) is 3.53 Å². The van der Waals surface area contributed by atoms with E-state index >= 15 is 0 Å². The van der Waals surface area contributed by atoms with Gasteiger partial charge in [-0.2, -0.15) is 9.59 Å². The summed E-state index contributed by atoms with van der Waals surface area (Å²) in [5, 5.41) is 0. The monoisotopic (exact) mass is 403 g/mol. The molecule has 0 spiro atoms. The molecule has 0 rings (SSSR count). The molecule has 0 aromatic heterocycles. The maximum atomic E-state index is 8.12. The van der Waals surface area contributed by atoms with Crippen molar-refractivity contribution in [3.63, 3.8) is 0 Å². The van der Waals surface area contributed by atoms with Crippen molar-refractivity contribution < 1.29 is 9.59 Å². The number of nitrogens with zero attached hydrogens (tertiary/aromatic N) is 1. The second-order valence-electron chi connectivity index (χ2n) is 6.11. The molecule has 0 bridgehead atoms. The van der Waals surface area contributed by atoms with Crippen molar-refractivity contribution >= 4 is 45.4 Å². The summed E-state index contributed by atoms with van der Waals surface area (Å²) in [5.41, 5.74) is 0. The Kier molecular flexibility index (Phi) is 21.5. The summed E-state index contributed by atoms with van der Waals surface area (Å²) < 4.78 is 0.941. The van der Waals surface area contributed by atoms with Gasteiger partial charge in [-0.1, -0.05) is 83.9 Å². The molecule has 0 aliphatic heterocycles. The van der Waals surface area contributed by atoms with Crippen LogP contribution in [0, 0.1) is 6.57 Å². The molecule has 0 aliphatic carbocycles.